The van der Waals surface area contributed by atoms with E-state index in [0.29, 0.717) is 0 Å². The molecule has 0 saturated carbocycles. The van der Waals surface area contributed by atoms with Gasteiger partial charge in [-0.3, -0.25) is 0 Å². The second-order valence-electron chi connectivity index (χ2n) is 5.88. The SMILES string of the molecule is CC1OC(OC(C)(C)C)C(O)C(N(C)C)C1O. The van der Waals surface area contributed by atoms with Crippen LogP contribution in [-0.4, -0.2) is 65.5 Å². The molecule has 0 aromatic rings. The molecule has 0 radical (unpaired) electrons. The highest BCUT2D eigenvalue weighted by Crippen LogP contribution is 2.27. The van der Waals surface area contributed by atoms with E-state index >= 15 is 0 Å². The van der Waals surface area contributed by atoms with Crippen LogP contribution in [0.1, 0.15) is 27.7 Å². The Morgan fingerprint density at radius 1 is 1.12 bits per heavy atom. The normalized spacial score (nSPS) is 39.7. The Labute approximate surface area is 103 Å². The summed E-state index contributed by atoms with van der Waals surface area (Å²) in [6, 6.07) is -0.383. The molecule has 0 amide bonds. The highest BCUT2D eigenvalue weighted by Gasteiger charge is 2.45. The highest BCUT2D eigenvalue weighted by atomic mass is 16.7. The fourth-order valence-corrected chi connectivity index (χ4v) is 2.07. The van der Waals surface area contributed by atoms with E-state index in [2.05, 4.69) is 0 Å². The fraction of sp³-hybridized carbons (Fsp3) is 1.00. The minimum atomic E-state index is -0.865. The summed E-state index contributed by atoms with van der Waals surface area (Å²) < 4.78 is 11.2. The molecule has 1 saturated heterocycles. The Balaban J connectivity index is 2.81. The lowest BCUT2D eigenvalue weighted by Crippen LogP contribution is -2.63. The lowest BCUT2D eigenvalue weighted by molar-refractivity contribution is -0.303. The van der Waals surface area contributed by atoms with Gasteiger partial charge < -0.3 is 24.6 Å². The van der Waals surface area contributed by atoms with Gasteiger partial charge in [0, 0.05) is 0 Å². The summed E-state index contributed by atoms with van der Waals surface area (Å²) in [5.74, 6) is 0. The van der Waals surface area contributed by atoms with Gasteiger partial charge in [0.2, 0.25) is 0 Å². The van der Waals surface area contributed by atoms with E-state index in [1.54, 1.807) is 11.8 Å². The molecule has 0 aromatic heterocycles. The van der Waals surface area contributed by atoms with Crippen LogP contribution in [-0.2, 0) is 9.47 Å². The first kappa shape index (κ1) is 14.9. The molecule has 5 unspecified atom stereocenters. The van der Waals surface area contributed by atoms with Crippen molar-refractivity contribution < 1.29 is 19.7 Å². The van der Waals surface area contributed by atoms with Crippen molar-refractivity contribution in [2.45, 2.75) is 63.9 Å². The van der Waals surface area contributed by atoms with Gasteiger partial charge in [-0.1, -0.05) is 0 Å². The zero-order valence-corrected chi connectivity index (χ0v) is 11.5. The minimum absolute atomic E-state index is 0.363. The van der Waals surface area contributed by atoms with Crippen LogP contribution in [0.3, 0.4) is 0 Å². The molecule has 1 heterocycles. The summed E-state index contributed by atoms with van der Waals surface area (Å²) in [6.45, 7) is 7.50. The van der Waals surface area contributed by atoms with Crippen molar-refractivity contribution in [2.24, 2.45) is 0 Å². The number of aliphatic hydroxyl groups is 2. The van der Waals surface area contributed by atoms with Crippen LogP contribution in [0.2, 0.25) is 0 Å². The lowest BCUT2D eigenvalue weighted by atomic mass is 9.95. The quantitative estimate of drug-likeness (QED) is 0.730. The second kappa shape index (κ2) is 5.20. The molecule has 0 spiro atoms. The summed E-state index contributed by atoms with van der Waals surface area (Å²) in [5.41, 5.74) is -0.398. The summed E-state index contributed by atoms with van der Waals surface area (Å²) in [4.78, 5) is 1.80. The van der Waals surface area contributed by atoms with Crippen molar-refractivity contribution in [3.8, 4) is 0 Å². The van der Waals surface area contributed by atoms with E-state index in [1.165, 1.54) is 0 Å². The summed E-state index contributed by atoms with van der Waals surface area (Å²) in [5, 5.41) is 20.2. The van der Waals surface area contributed by atoms with Gasteiger partial charge in [-0.05, 0) is 41.8 Å². The number of hydrogen-bond donors (Lipinski definition) is 2. The number of aliphatic hydroxyl groups excluding tert-OH is 2. The minimum Gasteiger partial charge on any atom is -0.389 e. The molecular formula is C12H25NO4. The largest absolute Gasteiger partial charge is 0.389 e. The van der Waals surface area contributed by atoms with Crippen LogP contribution < -0.4 is 0 Å². The summed E-state index contributed by atoms with van der Waals surface area (Å²) in [7, 11) is 3.65. The van der Waals surface area contributed by atoms with Gasteiger partial charge >= 0.3 is 0 Å². The first-order chi connectivity index (χ1) is 7.63. The molecule has 0 aromatic carbocycles. The van der Waals surface area contributed by atoms with Gasteiger partial charge in [-0.2, -0.15) is 0 Å². The van der Waals surface area contributed by atoms with E-state index in [9.17, 15) is 10.2 Å². The molecule has 2 N–H and O–H groups in total. The standard InChI is InChI=1S/C12H25NO4/c1-7-9(14)8(13(5)6)10(15)11(16-7)17-12(2,3)4/h7-11,14-15H,1-6H3. The molecule has 5 atom stereocenters. The smallest absolute Gasteiger partial charge is 0.186 e. The maximum absolute atomic E-state index is 10.2. The molecule has 17 heavy (non-hydrogen) atoms. The second-order valence-corrected chi connectivity index (χ2v) is 5.88. The molecule has 1 rings (SSSR count). The number of rotatable bonds is 2. The maximum atomic E-state index is 10.2. The molecule has 1 fully saturated rings. The van der Waals surface area contributed by atoms with E-state index in [4.69, 9.17) is 9.47 Å². The molecule has 0 bridgehead atoms. The number of likely N-dealkylation sites (N-methyl/N-ethyl adjacent to an activating group) is 1. The fourth-order valence-electron chi connectivity index (χ4n) is 2.07. The summed E-state index contributed by atoms with van der Waals surface area (Å²) >= 11 is 0. The third-order valence-electron chi connectivity index (χ3n) is 2.87. The van der Waals surface area contributed by atoms with Gasteiger partial charge in [0.25, 0.3) is 0 Å². The first-order valence-corrected chi connectivity index (χ1v) is 5.99. The third-order valence-corrected chi connectivity index (χ3v) is 2.87. The van der Waals surface area contributed by atoms with Gasteiger partial charge in [0.15, 0.2) is 6.29 Å². The molecule has 0 aliphatic carbocycles. The van der Waals surface area contributed by atoms with E-state index in [1.807, 2.05) is 34.9 Å². The average molecular weight is 247 g/mol. The molecule has 1 aliphatic rings. The van der Waals surface area contributed by atoms with Gasteiger partial charge in [0.05, 0.1) is 23.9 Å². The lowest BCUT2D eigenvalue weighted by Gasteiger charge is -2.45. The van der Waals surface area contributed by atoms with Gasteiger partial charge in [-0.15, -0.1) is 0 Å². The van der Waals surface area contributed by atoms with E-state index in [0.717, 1.165) is 0 Å². The summed E-state index contributed by atoms with van der Waals surface area (Å²) in [6.07, 6.45) is -2.66. The Kier molecular flexibility index (Phi) is 4.54. The van der Waals surface area contributed by atoms with Crippen LogP contribution >= 0.6 is 0 Å². The topological polar surface area (TPSA) is 62.2 Å². The van der Waals surface area contributed by atoms with Crippen molar-refractivity contribution >= 4 is 0 Å². The van der Waals surface area contributed by atoms with Crippen molar-refractivity contribution in [2.75, 3.05) is 14.1 Å². The molecule has 1 aliphatic heterocycles. The van der Waals surface area contributed by atoms with E-state index in [-0.39, 0.29) is 12.1 Å². The Bertz CT molecular complexity index is 251. The predicted molar refractivity (Wildman–Crippen MR) is 64.7 cm³/mol. The van der Waals surface area contributed by atoms with Crippen molar-refractivity contribution in [1.29, 1.82) is 0 Å². The third kappa shape index (κ3) is 3.63. The van der Waals surface area contributed by atoms with Gasteiger partial charge in [0.1, 0.15) is 6.10 Å². The van der Waals surface area contributed by atoms with Crippen LogP contribution in [0.4, 0.5) is 0 Å². The van der Waals surface area contributed by atoms with Crippen LogP contribution in [0, 0.1) is 0 Å². The van der Waals surface area contributed by atoms with Crippen LogP contribution in [0.25, 0.3) is 0 Å². The van der Waals surface area contributed by atoms with Crippen LogP contribution in [0.15, 0.2) is 0 Å². The number of hydrogen-bond acceptors (Lipinski definition) is 5. The maximum Gasteiger partial charge on any atom is 0.186 e. The Morgan fingerprint density at radius 2 is 1.65 bits per heavy atom. The zero-order valence-electron chi connectivity index (χ0n) is 11.5. The number of nitrogens with zero attached hydrogens (tertiary/aromatic N) is 1. The Hall–Kier alpha value is -0.200. The zero-order chi connectivity index (χ0) is 13.4. The van der Waals surface area contributed by atoms with E-state index < -0.39 is 24.1 Å². The monoisotopic (exact) mass is 247 g/mol. The van der Waals surface area contributed by atoms with Crippen molar-refractivity contribution in [3.63, 3.8) is 0 Å². The molecule has 5 nitrogen and oxygen atoms in total. The molecule has 102 valence electrons. The Morgan fingerprint density at radius 3 is 2.06 bits per heavy atom. The number of ether oxygens (including phenoxy) is 2. The predicted octanol–water partition coefficient (Wildman–Crippen LogP) is 0.198. The highest BCUT2D eigenvalue weighted by molar-refractivity contribution is 4.93. The van der Waals surface area contributed by atoms with Crippen molar-refractivity contribution in [3.05, 3.63) is 0 Å². The molecule has 5 heteroatoms. The van der Waals surface area contributed by atoms with Crippen molar-refractivity contribution in [1.82, 2.24) is 4.90 Å². The first-order valence-electron chi connectivity index (χ1n) is 5.99. The average Bonchev–Trinajstić information content (AvgIpc) is 2.11. The molecular weight excluding hydrogens is 222 g/mol. The van der Waals surface area contributed by atoms with Gasteiger partial charge in [-0.25, -0.2) is 0 Å². The van der Waals surface area contributed by atoms with Crippen LogP contribution in [0.5, 0.6) is 0 Å².